The lowest BCUT2D eigenvalue weighted by atomic mass is 10.1. The van der Waals surface area contributed by atoms with Gasteiger partial charge in [-0.25, -0.2) is 18.5 Å². The maximum absolute atomic E-state index is 13.5. The fourth-order valence-corrected chi connectivity index (χ4v) is 5.01. The number of halogens is 4. The minimum Gasteiger partial charge on any atom is -0.306 e. The summed E-state index contributed by atoms with van der Waals surface area (Å²) >= 11 is 1.46. The highest BCUT2D eigenvalue weighted by molar-refractivity contribution is 7.97. The number of amides is 2. The van der Waals surface area contributed by atoms with E-state index in [1.54, 1.807) is 18.2 Å². The molecule has 1 saturated heterocycles. The Kier molecular flexibility index (Phi) is 5.45. The van der Waals surface area contributed by atoms with Crippen LogP contribution in [-0.4, -0.2) is 39.4 Å². The molecule has 5 rings (SSSR count). The van der Waals surface area contributed by atoms with E-state index in [1.165, 1.54) is 29.1 Å². The molecule has 0 radical (unpaired) electrons. The SMILES string of the molecule is O=C(Nc1cncc(F)c1)N1c2nc(-c3cccc(C(F)(F)F)c3)ccc2SN2CC[C@H]1C2. The van der Waals surface area contributed by atoms with Gasteiger partial charge in [-0.3, -0.25) is 9.88 Å². The summed E-state index contributed by atoms with van der Waals surface area (Å²) in [5.74, 6) is -0.236. The first-order chi connectivity index (χ1) is 15.8. The molecule has 2 bridgehead atoms. The first kappa shape index (κ1) is 21.7. The molecule has 1 fully saturated rings. The Balaban J connectivity index is 1.54. The second kappa shape index (κ2) is 8.31. The molecule has 0 aliphatic carbocycles. The van der Waals surface area contributed by atoms with E-state index in [2.05, 4.69) is 19.6 Å². The Hall–Kier alpha value is -3.18. The number of benzene rings is 1. The third-order valence-corrected chi connectivity index (χ3v) is 6.55. The van der Waals surface area contributed by atoms with Gasteiger partial charge in [0.1, 0.15) is 5.82 Å². The summed E-state index contributed by atoms with van der Waals surface area (Å²) < 4.78 is 55.2. The smallest absolute Gasteiger partial charge is 0.306 e. The molecule has 0 saturated carbocycles. The first-order valence-electron chi connectivity index (χ1n) is 10.1. The summed E-state index contributed by atoms with van der Waals surface area (Å²) in [5, 5.41) is 2.66. The lowest BCUT2D eigenvalue weighted by Crippen LogP contribution is -2.44. The molecule has 6 nitrogen and oxygen atoms in total. The molecular formula is C22H17F4N5OS. The monoisotopic (exact) mass is 475 g/mol. The standard InChI is InChI=1S/C22H17F4N5OS/c23-15-9-16(11-27-10-15)28-21(32)31-17-6-7-30(12-17)33-19-5-4-18(29-20(19)31)13-2-1-3-14(8-13)22(24,25)26/h1-5,8-11,17H,6-7,12H2,(H,28,32)/t17-/m0/s1. The fourth-order valence-electron chi connectivity index (χ4n) is 3.94. The van der Waals surface area contributed by atoms with Gasteiger partial charge in [-0.1, -0.05) is 12.1 Å². The van der Waals surface area contributed by atoms with Crippen molar-refractivity contribution in [3.8, 4) is 11.3 Å². The van der Waals surface area contributed by atoms with Crippen molar-refractivity contribution in [2.24, 2.45) is 0 Å². The van der Waals surface area contributed by atoms with Gasteiger partial charge in [-0.15, -0.1) is 0 Å². The minimum absolute atomic E-state index is 0.190. The number of urea groups is 1. The van der Waals surface area contributed by atoms with E-state index < -0.39 is 23.6 Å². The molecule has 170 valence electrons. The van der Waals surface area contributed by atoms with Gasteiger partial charge in [0, 0.05) is 24.7 Å². The van der Waals surface area contributed by atoms with Crippen LogP contribution in [0.1, 0.15) is 12.0 Å². The highest BCUT2D eigenvalue weighted by Gasteiger charge is 2.38. The van der Waals surface area contributed by atoms with Gasteiger partial charge in [-0.05, 0) is 42.6 Å². The maximum atomic E-state index is 13.5. The van der Waals surface area contributed by atoms with Gasteiger partial charge in [0.05, 0.1) is 40.3 Å². The number of alkyl halides is 3. The van der Waals surface area contributed by atoms with Gasteiger partial charge < -0.3 is 5.32 Å². The van der Waals surface area contributed by atoms with Crippen molar-refractivity contribution in [3.63, 3.8) is 0 Å². The minimum atomic E-state index is -4.48. The van der Waals surface area contributed by atoms with Crippen LogP contribution in [0.3, 0.4) is 0 Å². The van der Waals surface area contributed by atoms with Crippen LogP contribution in [0, 0.1) is 5.82 Å². The lowest BCUT2D eigenvalue weighted by Gasteiger charge is -2.28. The van der Waals surface area contributed by atoms with Gasteiger partial charge in [0.25, 0.3) is 0 Å². The lowest BCUT2D eigenvalue weighted by molar-refractivity contribution is -0.137. The van der Waals surface area contributed by atoms with Crippen LogP contribution in [0.15, 0.2) is 59.8 Å². The Morgan fingerprint density at radius 3 is 2.79 bits per heavy atom. The zero-order valence-electron chi connectivity index (χ0n) is 17.0. The van der Waals surface area contributed by atoms with E-state index in [4.69, 9.17) is 0 Å². The molecule has 4 heterocycles. The number of hydrogen-bond acceptors (Lipinski definition) is 5. The van der Waals surface area contributed by atoms with Crippen molar-refractivity contribution >= 4 is 29.5 Å². The first-order valence-corrected chi connectivity index (χ1v) is 10.9. The predicted octanol–water partition coefficient (Wildman–Crippen LogP) is 5.44. The second-order valence-electron chi connectivity index (χ2n) is 7.71. The second-order valence-corrected chi connectivity index (χ2v) is 8.85. The van der Waals surface area contributed by atoms with Gasteiger partial charge >= 0.3 is 12.2 Å². The Bertz CT molecular complexity index is 1220. The average Bonchev–Trinajstić information content (AvgIpc) is 3.15. The Morgan fingerprint density at radius 2 is 2.00 bits per heavy atom. The number of nitrogens with one attached hydrogen (secondary N) is 1. The number of pyridine rings is 2. The third kappa shape index (κ3) is 4.38. The van der Waals surface area contributed by atoms with E-state index in [0.29, 0.717) is 34.9 Å². The molecule has 2 aliphatic rings. The molecule has 2 atom stereocenters. The van der Waals surface area contributed by atoms with E-state index in [-0.39, 0.29) is 11.7 Å². The molecule has 2 aromatic heterocycles. The quantitative estimate of drug-likeness (QED) is 0.395. The Labute approximate surface area is 190 Å². The summed E-state index contributed by atoms with van der Waals surface area (Å²) in [6, 6.07) is 8.78. The highest BCUT2D eigenvalue weighted by atomic mass is 32.2. The molecule has 1 aromatic carbocycles. The van der Waals surface area contributed by atoms with Crippen LogP contribution in [0.5, 0.6) is 0 Å². The zero-order valence-corrected chi connectivity index (χ0v) is 17.8. The molecule has 2 aliphatic heterocycles. The summed E-state index contributed by atoms with van der Waals surface area (Å²) in [7, 11) is 0. The molecule has 1 N–H and O–H groups in total. The summed E-state index contributed by atoms with van der Waals surface area (Å²) in [5.41, 5.74) is 0.0345. The van der Waals surface area contributed by atoms with Crippen LogP contribution in [0.4, 0.5) is 33.9 Å². The number of anilines is 2. The molecule has 33 heavy (non-hydrogen) atoms. The number of carbonyl (C=O) groups excluding carboxylic acids is 1. The number of hydrogen-bond donors (Lipinski definition) is 1. The van der Waals surface area contributed by atoms with E-state index >= 15 is 0 Å². The van der Waals surface area contributed by atoms with Crippen molar-refractivity contribution in [3.05, 3.63) is 66.2 Å². The molecule has 3 aromatic rings. The Morgan fingerprint density at radius 1 is 1.15 bits per heavy atom. The highest BCUT2D eigenvalue weighted by Crippen LogP contribution is 2.41. The van der Waals surface area contributed by atoms with Crippen LogP contribution in [0.2, 0.25) is 0 Å². The van der Waals surface area contributed by atoms with Crippen molar-refractivity contribution in [2.75, 3.05) is 23.3 Å². The number of rotatable bonds is 2. The number of carbonyl (C=O) groups is 1. The van der Waals surface area contributed by atoms with Gasteiger partial charge in [0.15, 0.2) is 5.82 Å². The summed E-state index contributed by atoms with van der Waals surface area (Å²) in [6.07, 6.45) is -1.40. The van der Waals surface area contributed by atoms with E-state index in [9.17, 15) is 22.4 Å². The van der Waals surface area contributed by atoms with Crippen molar-refractivity contribution in [1.82, 2.24) is 14.3 Å². The molecule has 2 amide bonds. The average molecular weight is 475 g/mol. The number of aromatic nitrogens is 2. The predicted molar refractivity (Wildman–Crippen MR) is 116 cm³/mol. The maximum Gasteiger partial charge on any atom is 0.416 e. The fraction of sp³-hybridized carbons (Fsp3) is 0.227. The van der Waals surface area contributed by atoms with Crippen LogP contribution in [-0.2, 0) is 6.18 Å². The largest absolute Gasteiger partial charge is 0.416 e. The van der Waals surface area contributed by atoms with Crippen LogP contribution in [0.25, 0.3) is 11.3 Å². The van der Waals surface area contributed by atoms with Crippen LogP contribution >= 0.6 is 11.9 Å². The van der Waals surface area contributed by atoms with Gasteiger partial charge in [0.2, 0.25) is 0 Å². The van der Waals surface area contributed by atoms with Crippen molar-refractivity contribution in [1.29, 1.82) is 0 Å². The molecule has 0 spiro atoms. The van der Waals surface area contributed by atoms with Gasteiger partial charge in [-0.2, -0.15) is 13.2 Å². The normalized spacial score (nSPS) is 19.7. The number of nitrogens with zero attached hydrogens (tertiary/aromatic N) is 4. The summed E-state index contributed by atoms with van der Waals surface area (Å²) in [4.78, 5) is 23.8. The number of fused-ring (bicyclic) bond motifs is 3. The third-order valence-electron chi connectivity index (χ3n) is 5.45. The summed E-state index contributed by atoms with van der Waals surface area (Å²) in [6.45, 7) is 1.38. The topological polar surface area (TPSA) is 61.4 Å². The van der Waals surface area contributed by atoms with Crippen molar-refractivity contribution < 1.29 is 22.4 Å². The van der Waals surface area contributed by atoms with Crippen LogP contribution < -0.4 is 10.2 Å². The molecule has 1 unspecified atom stereocenters. The molecule has 11 heteroatoms. The molecular weight excluding hydrogens is 458 g/mol. The van der Waals surface area contributed by atoms with E-state index in [1.807, 2.05) is 0 Å². The van der Waals surface area contributed by atoms with Crippen molar-refractivity contribution in [2.45, 2.75) is 23.5 Å². The zero-order chi connectivity index (χ0) is 23.2. The van der Waals surface area contributed by atoms with E-state index in [0.717, 1.165) is 30.9 Å².